The van der Waals surface area contributed by atoms with Crippen LogP contribution < -0.4 is 16.0 Å². The van der Waals surface area contributed by atoms with E-state index >= 15 is 0 Å². The first kappa shape index (κ1) is 18.2. The molecule has 3 N–H and O–H groups in total. The Morgan fingerprint density at radius 2 is 2.00 bits per heavy atom. The third-order valence-electron chi connectivity index (χ3n) is 2.84. The molecule has 3 amide bonds. The lowest BCUT2D eigenvalue weighted by atomic mass is 10.3. The number of nitrogens with zero attached hydrogens (tertiary/aromatic N) is 1. The molecule has 1 aromatic carbocycles. The Bertz CT molecular complexity index is 690. The van der Waals surface area contributed by atoms with Crippen molar-refractivity contribution in [2.24, 2.45) is 0 Å². The second-order valence-electron chi connectivity index (χ2n) is 4.75. The van der Waals surface area contributed by atoms with Gasteiger partial charge in [-0.2, -0.15) is 0 Å². The fourth-order valence-electron chi connectivity index (χ4n) is 1.76. The van der Waals surface area contributed by atoms with E-state index < -0.39 is 6.03 Å². The van der Waals surface area contributed by atoms with Gasteiger partial charge in [0.25, 0.3) is 0 Å². The fourth-order valence-corrected chi connectivity index (χ4v) is 2.59. The highest BCUT2D eigenvalue weighted by atomic mass is 35.5. The minimum Gasteiger partial charge on any atom is -0.383 e. The molecular weight excluding hydrogens is 352 g/mol. The Balaban J connectivity index is 1.81. The molecule has 128 valence electrons. The number of methoxy groups -OCH3 is 1. The smallest absolute Gasteiger partial charge is 0.325 e. The lowest BCUT2D eigenvalue weighted by molar-refractivity contribution is -0.120. The van der Waals surface area contributed by atoms with Crippen LogP contribution in [0.25, 0.3) is 0 Å². The van der Waals surface area contributed by atoms with Gasteiger partial charge in [-0.25, -0.2) is 9.78 Å². The molecule has 0 radical (unpaired) electrons. The summed E-state index contributed by atoms with van der Waals surface area (Å²) < 4.78 is 4.86. The number of benzene rings is 1. The Kier molecular flexibility index (Phi) is 6.98. The monoisotopic (exact) mass is 368 g/mol. The van der Waals surface area contributed by atoms with Gasteiger partial charge >= 0.3 is 6.03 Å². The molecule has 0 saturated carbocycles. The molecule has 1 heterocycles. The molecule has 0 aliphatic carbocycles. The number of ether oxygens (including phenoxy) is 1. The largest absolute Gasteiger partial charge is 0.383 e. The molecule has 0 spiro atoms. The Morgan fingerprint density at radius 1 is 1.25 bits per heavy atom. The number of carbonyl (C=O) groups excluding carboxylic acids is 2. The van der Waals surface area contributed by atoms with Gasteiger partial charge in [-0.05, 0) is 24.3 Å². The van der Waals surface area contributed by atoms with E-state index in [1.807, 2.05) is 0 Å². The third-order valence-corrected chi connectivity index (χ3v) is 3.90. The summed E-state index contributed by atoms with van der Waals surface area (Å²) >= 11 is 7.04. The fraction of sp³-hybridized carbons (Fsp3) is 0.267. The van der Waals surface area contributed by atoms with Crippen LogP contribution in [0.5, 0.6) is 0 Å². The summed E-state index contributed by atoms with van der Waals surface area (Å²) in [6.07, 6.45) is 0.153. The van der Waals surface area contributed by atoms with Crippen LogP contribution in [-0.4, -0.2) is 37.2 Å². The molecule has 0 fully saturated rings. The van der Waals surface area contributed by atoms with Crippen LogP contribution in [0.4, 0.5) is 15.6 Å². The van der Waals surface area contributed by atoms with E-state index in [4.69, 9.17) is 16.3 Å². The van der Waals surface area contributed by atoms with E-state index in [2.05, 4.69) is 20.9 Å². The SMILES string of the molecule is COCCNC(=O)Cc1csc(NC(=O)Nc2ccc(Cl)cc2)n1. The van der Waals surface area contributed by atoms with Gasteiger partial charge < -0.3 is 15.4 Å². The molecule has 2 rings (SSSR count). The molecule has 0 aliphatic heterocycles. The van der Waals surface area contributed by atoms with Crippen molar-refractivity contribution in [1.82, 2.24) is 10.3 Å². The molecule has 0 aliphatic rings. The number of anilines is 2. The number of hydrogen-bond donors (Lipinski definition) is 3. The molecule has 0 saturated heterocycles. The highest BCUT2D eigenvalue weighted by Crippen LogP contribution is 2.17. The van der Waals surface area contributed by atoms with Crippen molar-refractivity contribution in [2.75, 3.05) is 30.9 Å². The number of carbonyl (C=O) groups is 2. The Labute approximate surface area is 148 Å². The summed E-state index contributed by atoms with van der Waals surface area (Å²) in [5.74, 6) is -0.144. The zero-order chi connectivity index (χ0) is 17.4. The van der Waals surface area contributed by atoms with Crippen molar-refractivity contribution < 1.29 is 14.3 Å². The van der Waals surface area contributed by atoms with Gasteiger partial charge in [-0.1, -0.05) is 11.6 Å². The lowest BCUT2D eigenvalue weighted by Gasteiger charge is -2.05. The van der Waals surface area contributed by atoms with E-state index in [-0.39, 0.29) is 12.3 Å². The van der Waals surface area contributed by atoms with Crippen LogP contribution >= 0.6 is 22.9 Å². The number of hydrogen-bond acceptors (Lipinski definition) is 5. The second-order valence-corrected chi connectivity index (χ2v) is 6.04. The summed E-state index contributed by atoms with van der Waals surface area (Å²) in [7, 11) is 1.57. The topological polar surface area (TPSA) is 92.4 Å². The molecule has 0 bridgehead atoms. The van der Waals surface area contributed by atoms with E-state index in [1.165, 1.54) is 11.3 Å². The highest BCUT2D eigenvalue weighted by molar-refractivity contribution is 7.14. The number of urea groups is 1. The molecule has 0 atom stereocenters. The van der Waals surface area contributed by atoms with E-state index in [0.717, 1.165) is 0 Å². The van der Waals surface area contributed by atoms with Crippen LogP contribution in [0.3, 0.4) is 0 Å². The molecule has 7 nitrogen and oxygen atoms in total. The molecule has 24 heavy (non-hydrogen) atoms. The molecular formula is C15H17ClN4O3S. The first-order chi connectivity index (χ1) is 11.6. The van der Waals surface area contributed by atoms with Gasteiger partial charge in [0.1, 0.15) is 0 Å². The first-order valence-corrected chi connectivity index (χ1v) is 8.36. The molecule has 2 aromatic rings. The van der Waals surface area contributed by atoms with Gasteiger partial charge in [-0.15, -0.1) is 11.3 Å². The summed E-state index contributed by atoms with van der Waals surface area (Å²) in [6.45, 7) is 0.911. The number of halogens is 1. The standard InChI is InChI=1S/C15H17ClN4O3S/c1-23-7-6-17-13(21)8-12-9-24-15(19-12)20-14(22)18-11-4-2-10(16)3-5-11/h2-5,9H,6-8H2,1H3,(H,17,21)(H2,18,19,20,22). The predicted octanol–water partition coefficient (Wildman–Crippen LogP) is 2.75. The van der Waals surface area contributed by atoms with E-state index in [9.17, 15) is 9.59 Å². The van der Waals surface area contributed by atoms with Crippen LogP contribution in [0, 0.1) is 0 Å². The van der Waals surface area contributed by atoms with Gasteiger partial charge in [0.2, 0.25) is 5.91 Å². The van der Waals surface area contributed by atoms with Crippen molar-refractivity contribution >= 4 is 45.7 Å². The minimum atomic E-state index is -0.414. The average molecular weight is 369 g/mol. The Morgan fingerprint density at radius 3 is 2.71 bits per heavy atom. The lowest BCUT2D eigenvalue weighted by Crippen LogP contribution is -2.28. The highest BCUT2D eigenvalue weighted by Gasteiger charge is 2.10. The zero-order valence-electron chi connectivity index (χ0n) is 13.0. The van der Waals surface area contributed by atoms with E-state index in [1.54, 1.807) is 36.8 Å². The minimum absolute atomic E-state index is 0.144. The Hall–Kier alpha value is -2.16. The zero-order valence-corrected chi connectivity index (χ0v) is 14.5. The maximum atomic E-state index is 11.9. The van der Waals surface area contributed by atoms with Gasteiger partial charge in [0.05, 0.1) is 18.7 Å². The predicted molar refractivity (Wildman–Crippen MR) is 94.8 cm³/mol. The van der Waals surface area contributed by atoms with Gasteiger partial charge in [0, 0.05) is 29.7 Å². The van der Waals surface area contributed by atoms with Crippen molar-refractivity contribution in [1.29, 1.82) is 0 Å². The van der Waals surface area contributed by atoms with Gasteiger partial charge in [-0.3, -0.25) is 10.1 Å². The normalized spacial score (nSPS) is 10.2. The number of rotatable bonds is 7. The maximum absolute atomic E-state index is 11.9. The summed E-state index contributed by atoms with van der Waals surface area (Å²) in [6, 6.07) is 6.34. The number of nitrogens with one attached hydrogen (secondary N) is 3. The molecule has 1 aromatic heterocycles. The summed E-state index contributed by atoms with van der Waals surface area (Å²) in [5, 5.41) is 10.7. The van der Waals surface area contributed by atoms with Crippen molar-refractivity contribution in [3.05, 3.63) is 40.4 Å². The van der Waals surface area contributed by atoms with Crippen molar-refractivity contribution in [3.63, 3.8) is 0 Å². The second kappa shape index (κ2) is 9.21. The van der Waals surface area contributed by atoms with Crippen LogP contribution in [0.1, 0.15) is 5.69 Å². The summed E-state index contributed by atoms with van der Waals surface area (Å²) in [4.78, 5) is 27.8. The molecule has 9 heteroatoms. The van der Waals surface area contributed by atoms with Crippen molar-refractivity contribution in [2.45, 2.75) is 6.42 Å². The average Bonchev–Trinajstić information content (AvgIpc) is 2.96. The third kappa shape index (κ3) is 6.15. The first-order valence-electron chi connectivity index (χ1n) is 7.10. The molecule has 0 unspecified atom stereocenters. The number of amides is 3. The number of aromatic nitrogens is 1. The maximum Gasteiger partial charge on any atom is 0.325 e. The van der Waals surface area contributed by atoms with E-state index in [0.29, 0.717) is 34.7 Å². The summed E-state index contributed by atoms with van der Waals surface area (Å²) in [5.41, 5.74) is 1.21. The number of thiazole rings is 1. The van der Waals surface area contributed by atoms with Crippen LogP contribution in [0.2, 0.25) is 5.02 Å². The van der Waals surface area contributed by atoms with Crippen LogP contribution in [-0.2, 0) is 16.0 Å². The quantitative estimate of drug-likeness (QED) is 0.655. The van der Waals surface area contributed by atoms with Crippen molar-refractivity contribution in [3.8, 4) is 0 Å². The van der Waals surface area contributed by atoms with Gasteiger partial charge in [0.15, 0.2) is 5.13 Å². The van der Waals surface area contributed by atoms with Crippen LogP contribution in [0.15, 0.2) is 29.6 Å².